The standard InChI is InChI=1S/C14H10F2N2O2/c15-12-6-1-9(7-13(12)16)8-17-18-11-4-2-10(3-5-11)14(19)20/h1-8,18H,(H,19,20)/p-1/b17-8-. The summed E-state index contributed by atoms with van der Waals surface area (Å²) < 4.78 is 25.6. The Balaban J connectivity index is 2.02. The highest BCUT2D eigenvalue weighted by Gasteiger charge is 2.00. The van der Waals surface area contributed by atoms with E-state index in [9.17, 15) is 18.7 Å². The minimum Gasteiger partial charge on any atom is -0.545 e. The molecule has 4 nitrogen and oxygen atoms in total. The number of carboxylic acid groups (broad SMARTS) is 1. The van der Waals surface area contributed by atoms with Crippen LogP contribution in [0.15, 0.2) is 47.6 Å². The molecule has 0 spiro atoms. The molecular formula is C14H9F2N2O2-. The van der Waals surface area contributed by atoms with E-state index in [0.29, 0.717) is 11.3 Å². The Morgan fingerprint density at radius 1 is 1.10 bits per heavy atom. The largest absolute Gasteiger partial charge is 0.545 e. The van der Waals surface area contributed by atoms with E-state index in [1.807, 2.05) is 0 Å². The fraction of sp³-hybridized carbons (Fsp3) is 0. The molecule has 2 aromatic rings. The number of hydrazone groups is 1. The van der Waals surface area contributed by atoms with Crippen LogP contribution in [0.25, 0.3) is 0 Å². The van der Waals surface area contributed by atoms with Crippen LogP contribution < -0.4 is 10.5 Å². The first-order valence-corrected chi connectivity index (χ1v) is 5.62. The van der Waals surface area contributed by atoms with Gasteiger partial charge in [-0.1, -0.05) is 18.2 Å². The van der Waals surface area contributed by atoms with Crippen LogP contribution in [0.5, 0.6) is 0 Å². The van der Waals surface area contributed by atoms with Gasteiger partial charge in [0.25, 0.3) is 0 Å². The molecule has 6 heteroatoms. The number of carboxylic acids is 1. The highest BCUT2D eigenvalue weighted by Crippen LogP contribution is 2.10. The van der Waals surface area contributed by atoms with E-state index in [-0.39, 0.29) is 5.56 Å². The molecule has 0 saturated carbocycles. The zero-order valence-electron chi connectivity index (χ0n) is 10.1. The van der Waals surface area contributed by atoms with Crippen LogP contribution in [0.3, 0.4) is 0 Å². The topological polar surface area (TPSA) is 64.5 Å². The predicted molar refractivity (Wildman–Crippen MR) is 68.3 cm³/mol. The summed E-state index contributed by atoms with van der Waals surface area (Å²) in [5, 5.41) is 14.4. The number of hydrogen-bond acceptors (Lipinski definition) is 4. The third kappa shape index (κ3) is 3.38. The van der Waals surface area contributed by atoms with E-state index in [0.717, 1.165) is 12.1 Å². The lowest BCUT2D eigenvalue weighted by Crippen LogP contribution is -2.21. The second-order valence-electron chi connectivity index (χ2n) is 3.91. The summed E-state index contributed by atoms with van der Waals surface area (Å²) in [5.74, 6) is -3.14. The molecule has 0 bridgehead atoms. The molecule has 2 aromatic carbocycles. The number of nitrogens with one attached hydrogen (secondary N) is 1. The third-order valence-electron chi connectivity index (χ3n) is 2.47. The molecule has 0 atom stereocenters. The fourth-order valence-corrected chi connectivity index (χ4v) is 1.45. The molecule has 0 amide bonds. The monoisotopic (exact) mass is 275 g/mol. The van der Waals surface area contributed by atoms with Crippen molar-refractivity contribution in [2.75, 3.05) is 5.43 Å². The van der Waals surface area contributed by atoms with Crippen LogP contribution in [0.2, 0.25) is 0 Å². The zero-order chi connectivity index (χ0) is 14.5. The minimum atomic E-state index is -1.26. The van der Waals surface area contributed by atoms with Gasteiger partial charge in [0.05, 0.1) is 17.9 Å². The molecule has 20 heavy (non-hydrogen) atoms. The number of anilines is 1. The maximum atomic E-state index is 12.9. The lowest BCUT2D eigenvalue weighted by Gasteiger charge is -2.04. The van der Waals surface area contributed by atoms with Crippen molar-refractivity contribution in [3.05, 3.63) is 65.2 Å². The summed E-state index contributed by atoms with van der Waals surface area (Å²) in [5.41, 5.74) is 3.63. The Kier molecular flexibility index (Phi) is 4.05. The Bertz CT molecular complexity index is 655. The summed E-state index contributed by atoms with van der Waals surface area (Å²) in [4.78, 5) is 10.5. The number of carbonyl (C=O) groups is 1. The maximum absolute atomic E-state index is 12.9. The molecule has 0 fully saturated rings. The van der Waals surface area contributed by atoms with Gasteiger partial charge in [0, 0.05) is 0 Å². The smallest absolute Gasteiger partial charge is 0.159 e. The van der Waals surface area contributed by atoms with Gasteiger partial charge >= 0.3 is 0 Å². The van der Waals surface area contributed by atoms with Crippen LogP contribution in [-0.2, 0) is 0 Å². The molecule has 0 aromatic heterocycles. The van der Waals surface area contributed by atoms with Gasteiger partial charge < -0.3 is 9.90 Å². The van der Waals surface area contributed by atoms with Crippen LogP contribution in [0.4, 0.5) is 14.5 Å². The van der Waals surface area contributed by atoms with Crippen LogP contribution in [0.1, 0.15) is 15.9 Å². The molecule has 0 aliphatic carbocycles. The second-order valence-corrected chi connectivity index (χ2v) is 3.91. The summed E-state index contributed by atoms with van der Waals surface area (Å²) in [6.45, 7) is 0. The third-order valence-corrected chi connectivity index (χ3v) is 2.47. The number of carbonyl (C=O) groups excluding carboxylic acids is 1. The fourth-order valence-electron chi connectivity index (χ4n) is 1.45. The van der Waals surface area contributed by atoms with Crippen molar-refractivity contribution >= 4 is 17.9 Å². The van der Waals surface area contributed by atoms with E-state index < -0.39 is 17.6 Å². The summed E-state index contributed by atoms with van der Waals surface area (Å²) in [6.07, 6.45) is 1.31. The first-order chi connectivity index (χ1) is 9.56. The Labute approximate surface area is 113 Å². The second kappa shape index (κ2) is 5.92. The lowest BCUT2D eigenvalue weighted by molar-refractivity contribution is -0.255. The quantitative estimate of drug-likeness (QED) is 0.683. The van der Waals surface area contributed by atoms with E-state index in [1.165, 1.54) is 36.5 Å². The first-order valence-electron chi connectivity index (χ1n) is 5.62. The van der Waals surface area contributed by atoms with Crippen molar-refractivity contribution in [2.45, 2.75) is 0 Å². The van der Waals surface area contributed by atoms with Crippen molar-refractivity contribution in [1.82, 2.24) is 0 Å². The first kappa shape index (κ1) is 13.7. The van der Waals surface area contributed by atoms with E-state index in [1.54, 1.807) is 0 Å². The van der Waals surface area contributed by atoms with Crippen molar-refractivity contribution in [3.8, 4) is 0 Å². The van der Waals surface area contributed by atoms with Gasteiger partial charge in [-0.15, -0.1) is 0 Å². The molecular weight excluding hydrogens is 266 g/mol. The van der Waals surface area contributed by atoms with Gasteiger partial charge in [0.15, 0.2) is 11.6 Å². The normalized spacial score (nSPS) is 10.7. The van der Waals surface area contributed by atoms with E-state index in [4.69, 9.17) is 0 Å². The van der Waals surface area contributed by atoms with Gasteiger partial charge in [-0.3, -0.25) is 5.43 Å². The summed E-state index contributed by atoms with van der Waals surface area (Å²) in [7, 11) is 0. The number of rotatable bonds is 4. The molecule has 1 N–H and O–H groups in total. The van der Waals surface area contributed by atoms with Crippen molar-refractivity contribution in [3.63, 3.8) is 0 Å². The van der Waals surface area contributed by atoms with Crippen LogP contribution in [-0.4, -0.2) is 12.2 Å². The number of aromatic carboxylic acids is 1. The van der Waals surface area contributed by atoms with Crippen LogP contribution in [0, 0.1) is 11.6 Å². The zero-order valence-corrected chi connectivity index (χ0v) is 10.1. The highest BCUT2D eigenvalue weighted by atomic mass is 19.2. The molecule has 102 valence electrons. The molecule has 0 heterocycles. The van der Waals surface area contributed by atoms with Crippen molar-refractivity contribution in [2.24, 2.45) is 5.10 Å². The van der Waals surface area contributed by atoms with E-state index >= 15 is 0 Å². The van der Waals surface area contributed by atoms with Crippen molar-refractivity contribution in [1.29, 1.82) is 0 Å². The van der Waals surface area contributed by atoms with Gasteiger partial charge in [-0.2, -0.15) is 5.10 Å². The van der Waals surface area contributed by atoms with Crippen molar-refractivity contribution < 1.29 is 18.7 Å². The van der Waals surface area contributed by atoms with Gasteiger partial charge in [-0.25, -0.2) is 8.78 Å². The molecule has 0 unspecified atom stereocenters. The minimum absolute atomic E-state index is 0.0557. The number of hydrogen-bond donors (Lipinski definition) is 1. The Morgan fingerprint density at radius 3 is 2.40 bits per heavy atom. The summed E-state index contributed by atoms with van der Waals surface area (Å²) >= 11 is 0. The summed E-state index contributed by atoms with van der Waals surface area (Å²) in [6, 6.07) is 9.14. The predicted octanol–water partition coefficient (Wildman–Crippen LogP) is 1.77. The number of halogens is 2. The highest BCUT2D eigenvalue weighted by molar-refractivity contribution is 5.86. The molecule has 0 saturated heterocycles. The molecule has 0 radical (unpaired) electrons. The maximum Gasteiger partial charge on any atom is 0.159 e. The number of nitrogens with zero attached hydrogens (tertiary/aromatic N) is 1. The average molecular weight is 275 g/mol. The molecule has 0 aliphatic heterocycles. The Morgan fingerprint density at radius 2 is 1.80 bits per heavy atom. The molecule has 2 rings (SSSR count). The Hall–Kier alpha value is -2.76. The number of benzene rings is 2. The lowest BCUT2D eigenvalue weighted by atomic mass is 10.2. The van der Waals surface area contributed by atoms with E-state index in [2.05, 4.69) is 10.5 Å². The van der Waals surface area contributed by atoms with Gasteiger partial charge in [0.2, 0.25) is 0 Å². The SMILES string of the molecule is O=C([O-])c1ccc(N/N=C\c2ccc(F)c(F)c2)cc1. The van der Waals surface area contributed by atoms with Crippen LogP contribution >= 0.6 is 0 Å². The van der Waals surface area contributed by atoms with Gasteiger partial charge in [0.1, 0.15) is 0 Å². The average Bonchev–Trinajstić information content (AvgIpc) is 2.43. The molecule has 0 aliphatic rings. The van der Waals surface area contributed by atoms with Gasteiger partial charge in [-0.05, 0) is 35.4 Å².